The van der Waals surface area contributed by atoms with E-state index >= 15 is 0 Å². The number of nitrogens with one attached hydrogen (secondary N) is 1. The van der Waals surface area contributed by atoms with Gasteiger partial charge in [-0.15, -0.1) is 11.8 Å². The molecule has 0 radical (unpaired) electrons. The summed E-state index contributed by atoms with van der Waals surface area (Å²) in [6, 6.07) is 5.03. The highest BCUT2D eigenvalue weighted by Crippen LogP contribution is 2.36. The summed E-state index contributed by atoms with van der Waals surface area (Å²) in [7, 11) is 0. The molecule has 0 aromatic carbocycles. The molecule has 1 aliphatic rings. The molecule has 1 saturated carbocycles. The van der Waals surface area contributed by atoms with Gasteiger partial charge in [0, 0.05) is 17.0 Å². The highest BCUT2D eigenvalue weighted by atomic mass is 32.2. The van der Waals surface area contributed by atoms with Crippen LogP contribution in [0, 0.1) is 19.8 Å². The largest absolute Gasteiger partial charge is 0.313 e. The summed E-state index contributed by atoms with van der Waals surface area (Å²) in [5.41, 5.74) is 2.45. The average molecular weight is 292 g/mol. The van der Waals surface area contributed by atoms with Gasteiger partial charge in [0.2, 0.25) is 0 Å². The van der Waals surface area contributed by atoms with Gasteiger partial charge in [0.25, 0.3) is 0 Å². The van der Waals surface area contributed by atoms with Crippen molar-refractivity contribution in [3.05, 3.63) is 23.4 Å². The highest BCUT2D eigenvalue weighted by Gasteiger charge is 2.29. The molecule has 0 spiro atoms. The number of hydrogen-bond acceptors (Lipinski definition) is 3. The summed E-state index contributed by atoms with van der Waals surface area (Å²) in [5, 5.41) is 5.61. The lowest BCUT2D eigenvalue weighted by Crippen LogP contribution is -2.42. The molecule has 1 N–H and O–H groups in total. The van der Waals surface area contributed by atoms with Crippen LogP contribution in [0.2, 0.25) is 0 Å². The molecule has 0 saturated heterocycles. The van der Waals surface area contributed by atoms with E-state index in [-0.39, 0.29) is 0 Å². The van der Waals surface area contributed by atoms with Gasteiger partial charge in [0.05, 0.1) is 5.03 Å². The Morgan fingerprint density at radius 2 is 2.10 bits per heavy atom. The van der Waals surface area contributed by atoms with Crippen LogP contribution in [-0.2, 0) is 0 Å². The third-order valence-electron chi connectivity index (χ3n) is 4.06. The molecular weight excluding hydrogens is 264 g/mol. The molecule has 3 heteroatoms. The smallest absolute Gasteiger partial charge is 0.0968 e. The molecule has 3 unspecified atom stereocenters. The molecule has 1 fully saturated rings. The van der Waals surface area contributed by atoms with Gasteiger partial charge in [-0.3, -0.25) is 0 Å². The van der Waals surface area contributed by atoms with E-state index in [1.54, 1.807) is 0 Å². The Kier molecular flexibility index (Phi) is 5.91. The Labute approximate surface area is 128 Å². The van der Waals surface area contributed by atoms with Crippen molar-refractivity contribution in [1.29, 1.82) is 0 Å². The molecule has 0 amide bonds. The SMILES string of the molecule is CCCNC1CCC(C)CC1Sc1cc(C)cc(C)n1. The molecule has 3 atom stereocenters. The van der Waals surface area contributed by atoms with Crippen molar-refractivity contribution in [3.8, 4) is 0 Å². The zero-order valence-corrected chi connectivity index (χ0v) is 14.1. The minimum absolute atomic E-state index is 0.652. The highest BCUT2D eigenvalue weighted by molar-refractivity contribution is 7.99. The predicted octanol–water partition coefficient (Wildman–Crippen LogP) is 4.35. The van der Waals surface area contributed by atoms with Gasteiger partial charge in [-0.05, 0) is 69.7 Å². The molecule has 0 bridgehead atoms. The zero-order chi connectivity index (χ0) is 14.5. The topological polar surface area (TPSA) is 24.9 Å². The maximum atomic E-state index is 4.70. The lowest BCUT2D eigenvalue weighted by Gasteiger charge is -2.35. The molecule has 1 aliphatic carbocycles. The molecule has 0 aliphatic heterocycles. The van der Waals surface area contributed by atoms with Crippen molar-refractivity contribution in [1.82, 2.24) is 10.3 Å². The number of hydrogen-bond donors (Lipinski definition) is 1. The summed E-state index contributed by atoms with van der Waals surface area (Å²) in [5.74, 6) is 0.845. The quantitative estimate of drug-likeness (QED) is 0.873. The van der Waals surface area contributed by atoms with Gasteiger partial charge >= 0.3 is 0 Å². The van der Waals surface area contributed by atoms with Crippen molar-refractivity contribution < 1.29 is 0 Å². The van der Waals surface area contributed by atoms with E-state index in [2.05, 4.69) is 45.1 Å². The Bertz CT molecular complexity index is 411. The first-order chi connectivity index (χ1) is 9.58. The van der Waals surface area contributed by atoms with Gasteiger partial charge in [-0.1, -0.05) is 13.8 Å². The van der Waals surface area contributed by atoms with Crippen LogP contribution in [-0.4, -0.2) is 22.8 Å². The Hall–Kier alpha value is -0.540. The van der Waals surface area contributed by atoms with E-state index in [0.717, 1.165) is 18.2 Å². The van der Waals surface area contributed by atoms with Crippen molar-refractivity contribution >= 4 is 11.8 Å². The van der Waals surface area contributed by atoms with Crippen LogP contribution < -0.4 is 5.32 Å². The van der Waals surface area contributed by atoms with Crippen LogP contribution >= 0.6 is 11.8 Å². The molecular formula is C17H28N2S. The second kappa shape index (κ2) is 7.46. The summed E-state index contributed by atoms with van der Waals surface area (Å²) in [6.07, 6.45) is 5.19. The van der Waals surface area contributed by atoms with Crippen molar-refractivity contribution in [2.45, 2.75) is 69.7 Å². The van der Waals surface area contributed by atoms with E-state index in [1.165, 1.54) is 36.3 Å². The summed E-state index contributed by atoms with van der Waals surface area (Å²) in [6.45, 7) is 10.0. The Balaban J connectivity index is 2.06. The number of aryl methyl sites for hydroxylation is 2. The standard InChI is InChI=1S/C17H28N2S/c1-5-8-18-15-7-6-12(2)10-16(15)20-17-11-13(3)9-14(4)19-17/h9,11-12,15-16,18H,5-8,10H2,1-4H3. The number of pyridine rings is 1. The summed E-state index contributed by atoms with van der Waals surface area (Å²) < 4.78 is 0. The number of rotatable bonds is 5. The Morgan fingerprint density at radius 1 is 1.30 bits per heavy atom. The molecule has 1 heterocycles. The van der Waals surface area contributed by atoms with E-state index in [1.807, 2.05) is 11.8 Å². The lowest BCUT2D eigenvalue weighted by atomic mass is 9.87. The fourth-order valence-electron chi connectivity index (χ4n) is 3.04. The van der Waals surface area contributed by atoms with Gasteiger partial charge in [-0.2, -0.15) is 0 Å². The average Bonchev–Trinajstić information content (AvgIpc) is 2.36. The summed E-state index contributed by atoms with van der Waals surface area (Å²) in [4.78, 5) is 4.70. The molecule has 20 heavy (non-hydrogen) atoms. The maximum Gasteiger partial charge on any atom is 0.0968 e. The second-order valence-electron chi connectivity index (χ2n) is 6.26. The third kappa shape index (κ3) is 4.49. The molecule has 1 aromatic rings. The van der Waals surface area contributed by atoms with Crippen LogP contribution in [0.4, 0.5) is 0 Å². The van der Waals surface area contributed by atoms with Gasteiger partial charge in [0.1, 0.15) is 0 Å². The molecule has 1 aromatic heterocycles. The van der Waals surface area contributed by atoms with Gasteiger partial charge in [0.15, 0.2) is 0 Å². The van der Waals surface area contributed by atoms with Crippen LogP contribution in [0.15, 0.2) is 17.2 Å². The van der Waals surface area contributed by atoms with Gasteiger partial charge in [-0.25, -0.2) is 4.98 Å². The van der Waals surface area contributed by atoms with E-state index in [4.69, 9.17) is 4.98 Å². The first-order valence-electron chi connectivity index (χ1n) is 7.93. The number of aromatic nitrogens is 1. The Morgan fingerprint density at radius 3 is 2.80 bits per heavy atom. The lowest BCUT2D eigenvalue weighted by molar-refractivity contribution is 0.317. The monoisotopic (exact) mass is 292 g/mol. The van der Waals surface area contributed by atoms with E-state index in [0.29, 0.717) is 11.3 Å². The minimum atomic E-state index is 0.652. The van der Waals surface area contributed by atoms with Crippen LogP contribution in [0.3, 0.4) is 0 Å². The number of thioether (sulfide) groups is 1. The maximum absolute atomic E-state index is 4.70. The summed E-state index contributed by atoms with van der Waals surface area (Å²) >= 11 is 1.98. The minimum Gasteiger partial charge on any atom is -0.313 e. The van der Waals surface area contributed by atoms with E-state index < -0.39 is 0 Å². The molecule has 112 valence electrons. The second-order valence-corrected chi connectivity index (χ2v) is 7.52. The van der Waals surface area contributed by atoms with Crippen LogP contribution in [0.5, 0.6) is 0 Å². The van der Waals surface area contributed by atoms with Crippen molar-refractivity contribution in [2.24, 2.45) is 5.92 Å². The van der Waals surface area contributed by atoms with Gasteiger partial charge < -0.3 is 5.32 Å². The third-order valence-corrected chi connectivity index (χ3v) is 5.33. The molecule has 2 rings (SSSR count). The molecule has 2 nitrogen and oxygen atoms in total. The van der Waals surface area contributed by atoms with Crippen LogP contribution in [0.1, 0.15) is 50.8 Å². The fourth-order valence-corrected chi connectivity index (χ4v) is 4.62. The van der Waals surface area contributed by atoms with E-state index in [9.17, 15) is 0 Å². The fraction of sp³-hybridized carbons (Fsp3) is 0.706. The zero-order valence-electron chi connectivity index (χ0n) is 13.3. The number of nitrogens with zero attached hydrogens (tertiary/aromatic N) is 1. The van der Waals surface area contributed by atoms with Crippen molar-refractivity contribution in [3.63, 3.8) is 0 Å². The first-order valence-corrected chi connectivity index (χ1v) is 8.81. The predicted molar refractivity (Wildman–Crippen MR) is 88.5 cm³/mol. The van der Waals surface area contributed by atoms with Crippen molar-refractivity contribution in [2.75, 3.05) is 6.54 Å². The van der Waals surface area contributed by atoms with Crippen LogP contribution in [0.25, 0.3) is 0 Å². The normalized spacial score (nSPS) is 26.7. The first kappa shape index (κ1) is 15.8.